The molecule has 0 aromatic carbocycles. The first kappa shape index (κ1) is 11.0. The molecule has 0 bridgehead atoms. The van der Waals surface area contributed by atoms with Crippen molar-refractivity contribution in [3.63, 3.8) is 0 Å². The van der Waals surface area contributed by atoms with Gasteiger partial charge < -0.3 is 11.1 Å². The molecule has 0 atom stereocenters. The molecular formula is C11H11N5O. The summed E-state index contributed by atoms with van der Waals surface area (Å²) in [4.78, 5) is 23.1. The molecule has 3 N–H and O–H groups in total. The van der Waals surface area contributed by atoms with Crippen LogP contribution in [0, 0.1) is 0 Å². The lowest BCUT2D eigenvalue weighted by Crippen LogP contribution is -2.23. The van der Waals surface area contributed by atoms with Crippen LogP contribution in [0.15, 0.2) is 36.9 Å². The lowest BCUT2D eigenvalue weighted by Gasteiger charge is -2.04. The number of carbonyl (C=O) groups excluding carboxylic acids is 1. The van der Waals surface area contributed by atoms with Crippen LogP contribution >= 0.6 is 0 Å². The van der Waals surface area contributed by atoms with Gasteiger partial charge in [-0.3, -0.25) is 4.79 Å². The molecule has 6 nitrogen and oxygen atoms in total. The Labute approximate surface area is 97.9 Å². The number of carbonyl (C=O) groups is 1. The standard InChI is InChI=1S/C11H11N5O/c12-10-5-8(1-4-14-10)6-15-11(17)9-2-3-13-7-16-9/h1-5,7H,6H2,(H2,12,14)(H,15,17). The normalized spacial score (nSPS) is 9.88. The van der Waals surface area contributed by atoms with E-state index in [4.69, 9.17) is 5.73 Å². The van der Waals surface area contributed by atoms with Gasteiger partial charge in [0.05, 0.1) is 0 Å². The maximum absolute atomic E-state index is 11.7. The van der Waals surface area contributed by atoms with Crippen molar-refractivity contribution in [2.24, 2.45) is 0 Å². The van der Waals surface area contributed by atoms with Gasteiger partial charge in [-0.1, -0.05) is 0 Å². The second kappa shape index (κ2) is 5.02. The van der Waals surface area contributed by atoms with Crippen LogP contribution in [0.5, 0.6) is 0 Å². The van der Waals surface area contributed by atoms with Crippen molar-refractivity contribution in [1.29, 1.82) is 0 Å². The number of nitrogens with zero attached hydrogens (tertiary/aromatic N) is 3. The maximum atomic E-state index is 11.7. The second-order valence-corrected chi connectivity index (χ2v) is 3.37. The molecule has 86 valence electrons. The molecule has 0 aliphatic rings. The Bertz CT molecular complexity index is 514. The highest BCUT2D eigenvalue weighted by atomic mass is 16.1. The van der Waals surface area contributed by atoms with Gasteiger partial charge in [0.15, 0.2) is 0 Å². The minimum atomic E-state index is -0.247. The van der Waals surface area contributed by atoms with Crippen molar-refractivity contribution in [3.05, 3.63) is 48.2 Å². The summed E-state index contributed by atoms with van der Waals surface area (Å²) in [6.07, 6.45) is 4.45. The van der Waals surface area contributed by atoms with E-state index in [0.717, 1.165) is 5.56 Å². The van der Waals surface area contributed by atoms with Crippen LogP contribution in [0.1, 0.15) is 16.1 Å². The largest absolute Gasteiger partial charge is 0.384 e. The molecule has 0 aliphatic carbocycles. The van der Waals surface area contributed by atoms with Gasteiger partial charge in [0, 0.05) is 18.9 Å². The SMILES string of the molecule is Nc1cc(CNC(=O)c2ccncn2)ccn1. The zero-order chi connectivity index (χ0) is 12.1. The molecule has 2 aromatic rings. The monoisotopic (exact) mass is 229 g/mol. The number of rotatable bonds is 3. The van der Waals surface area contributed by atoms with Gasteiger partial charge in [0.2, 0.25) is 0 Å². The Morgan fingerprint density at radius 3 is 2.88 bits per heavy atom. The Balaban J connectivity index is 1.97. The highest BCUT2D eigenvalue weighted by Gasteiger charge is 2.05. The summed E-state index contributed by atoms with van der Waals surface area (Å²) in [6.45, 7) is 0.384. The molecule has 0 fully saturated rings. The van der Waals surface area contributed by atoms with E-state index < -0.39 is 0 Å². The molecule has 0 saturated heterocycles. The van der Waals surface area contributed by atoms with Crippen molar-refractivity contribution in [2.45, 2.75) is 6.54 Å². The molecule has 17 heavy (non-hydrogen) atoms. The van der Waals surface area contributed by atoms with E-state index in [1.165, 1.54) is 12.5 Å². The van der Waals surface area contributed by atoms with Crippen LogP contribution in [-0.4, -0.2) is 20.9 Å². The van der Waals surface area contributed by atoms with Crippen LogP contribution in [0.3, 0.4) is 0 Å². The van der Waals surface area contributed by atoms with Gasteiger partial charge in [-0.2, -0.15) is 0 Å². The topological polar surface area (TPSA) is 93.8 Å². The van der Waals surface area contributed by atoms with Crippen molar-refractivity contribution < 1.29 is 4.79 Å². The van der Waals surface area contributed by atoms with E-state index >= 15 is 0 Å². The number of hydrogen-bond donors (Lipinski definition) is 2. The molecule has 0 unspecified atom stereocenters. The first-order valence-corrected chi connectivity index (χ1v) is 5.00. The molecule has 2 heterocycles. The van der Waals surface area contributed by atoms with Gasteiger partial charge in [-0.05, 0) is 23.8 Å². The Morgan fingerprint density at radius 1 is 1.29 bits per heavy atom. The van der Waals surface area contributed by atoms with Gasteiger partial charge in [-0.15, -0.1) is 0 Å². The van der Waals surface area contributed by atoms with Crippen LogP contribution in [0.25, 0.3) is 0 Å². The lowest BCUT2D eigenvalue weighted by molar-refractivity contribution is 0.0945. The summed E-state index contributed by atoms with van der Waals surface area (Å²) in [5, 5.41) is 2.73. The number of amides is 1. The van der Waals surface area contributed by atoms with Crippen LogP contribution in [0.2, 0.25) is 0 Å². The zero-order valence-corrected chi connectivity index (χ0v) is 9.00. The summed E-state index contributed by atoms with van der Waals surface area (Å²) in [5.74, 6) is 0.182. The van der Waals surface area contributed by atoms with Gasteiger partial charge in [0.1, 0.15) is 17.8 Å². The average molecular weight is 229 g/mol. The lowest BCUT2D eigenvalue weighted by atomic mass is 10.2. The van der Waals surface area contributed by atoms with Crippen molar-refractivity contribution >= 4 is 11.7 Å². The quantitative estimate of drug-likeness (QED) is 0.793. The summed E-state index contributed by atoms with van der Waals surface area (Å²) in [6, 6.07) is 5.05. The number of anilines is 1. The highest BCUT2D eigenvalue weighted by molar-refractivity contribution is 5.91. The molecule has 0 spiro atoms. The Hall–Kier alpha value is -2.50. The van der Waals surface area contributed by atoms with E-state index in [2.05, 4.69) is 20.3 Å². The van der Waals surface area contributed by atoms with E-state index in [1.807, 2.05) is 0 Å². The molecule has 2 aromatic heterocycles. The molecule has 0 saturated carbocycles. The van der Waals surface area contributed by atoms with Crippen molar-refractivity contribution in [2.75, 3.05) is 5.73 Å². The van der Waals surface area contributed by atoms with Gasteiger partial charge in [0.25, 0.3) is 5.91 Å². The maximum Gasteiger partial charge on any atom is 0.270 e. The van der Waals surface area contributed by atoms with Crippen molar-refractivity contribution in [1.82, 2.24) is 20.3 Å². The van der Waals surface area contributed by atoms with Gasteiger partial charge in [-0.25, -0.2) is 15.0 Å². The Morgan fingerprint density at radius 2 is 2.18 bits per heavy atom. The molecule has 6 heteroatoms. The zero-order valence-electron chi connectivity index (χ0n) is 9.00. The van der Waals surface area contributed by atoms with E-state index in [-0.39, 0.29) is 5.91 Å². The number of pyridine rings is 1. The third kappa shape index (κ3) is 2.97. The average Bonchev–Trinajstić information content (AvgIpc) is 2.37. The third-order valence-electron chi connectivity index (χ3n) is 2.11. The number of nitrogen functional groups attached to an aromatic ring is 1. The van der Waals surface area contributed by atoms with Gasteiger partial charge >= 0.3 is 0 Å². The fourth-order valence-electron chi connectivity index (χ4n) is 1.30. The first-order valence-electron chi connectivity index (χ1n) is 5.00. The number of aromatic nitrogens is 3. The fraction of sp³-hybridized carbons (Fsp3) is 0.0909. The molecular weight excluding hydrogens is 218 g/mol. The number of nitrogens with one attached hydrogen (secondary N) is 1. The highest BCUT2D eigenvalue weighted by Crippen LogP contribution is 2.02. The number of nitrogens with two attached hydrogens (primary N) is 1. The van der Waals surface area contributed by atoms with Crippen LogP contribution in [-0.2, 0) is 6.54 Å². The fourth-order valence-corrected chi connectivity index (χ4v) is 1.30. The molecule has 0 radical (unpaired) electrons. The van der Waals surface area contributed by atoms with E-state index in [0.29, 0.717) is 18.1 Å². The predicted molar refractivity (Wildman–Crippen MR) is 61.9 cm³/mol. The molecule has 0 aliphatic heterocycles. The summed E-state index contributed by atoms with van der Waals surface area (Å²) >= 11 is 0. The smallest absolute Gasteiger partial charge is 0.270 e. The summed E-state index contributed by atoms with van der Waals surface area (Å²) in [7, 11) is 0. The minimum absolute atomic E-state index is 0.247. The van der Waals surface area contributed by atoms with Crippen molar-refractivity contribution in [3.8, 4) is 0 Å². The second-order valence-electron chi connectivity index (χ2n) is 3.37. The van der Waals surface area contributed by atoms with E-state index in [1.54, 1.807) is 24.4 Å². The minimum Gasteiger partial charge on any atom is -0.384 e. The predicted octanol–water partition coefficient (Wildman–Crippen LogP) is 0.384. The van der Waals surface area contributed by atoms with Crippen LogP contribution < -0.4 is 11.1 Å². The third-order valence-corrected chi connectivity index (χ3v) is 2.11. The summed E-state index contributed by atoms with van der Waals surface area (Å²) < 4.78 is 0. The van der Waals surface area contributed by atoms with E-state index in [9.17, 15) is 4.79 Å². The summed E-state index contributed by atoms with van der Waals surface area (Å²) in [5.41, 5.74) is 6.76. The Kier molecular flexibility index (Phi) is 3.25. The molecule has 2 rings (SSSR count). The molecule has 1 amide bonds. The number of hydrogen-bond acceptors (Lipinski definition) is 5. The van der Waals surface area contributed by atoms with Crippen LogP contribution in [0.4, 0.5) is 5.82 Å². The first-order chi connectivity index (χ1) is 8.25.